The Hall–Kier alpha value is -1.81. The van der Waals surface area contributed by atoms with Crippen molar-refractivity contribution < 1.29 is 9.47 Å². The van der Waals surface area contributed by atoms with E-state index in [9.17, 15) is 0 Å². The fraction of sp³-hybridized carbons (Fsp3) is 0.471. The van der Waals surface area contributed by atoms with Crippen LogP contribution < -0.4 is 10.1 Å². The molecule has 0 bridgehead atoms. The van der Waals surface area contributed by atoms with Crippen molar-refractivity contribution in [1.82, 2.24) is 4.98 Å². The van der Waals surface area contributed by atoms with E-state index in [0.717, 1.165) is 28.9 Å². The van der Waals surface area contributed by atoms with E-state index in [0.29, 0.717) is 12.5 Å². The second kappa shape index (κ2) is 7.27. The van der Waals surface area contributed by atoms with Gasteiger partial charge in [-0.3, -0.25) is 0 Å². The van der Waals surface area contributed by atoms with Crippen molar-refractivity contribution in [2.75, 3.05) is 25.6 Å². The minimum atomic E-state index is 0.231. The van der Waals surface area contributed by atoms with Gasteiger partial charge in [0.1, 0.15) is 11.6 Å². The number of rotatable bonds is 7. The second-order valence-corrected chi connectivity index (χ2v) is 5.37. The summed E-state index contributed by atoms with van der Waals surface area (Å²) in [4.78, 5) is 4.49. The maximum Gasteiger partial charge on any atom is 0.134 e. The Morgan fingerprint density at radius 3 is 2.67 bits per heavy atom. The van der Waals surface area contributed by atoms with E-state index in [2.05, 4.69) is 30.2 Å². The number of anilines is 1. The lowest BCUT2D eigenvalue weighted by atomic mass is 10.0. The minimum absolute atomic E-state index is 0.231. The SMILES string of the molecule is CCOCC(Nc1nccc2c(OC)cccc12)C(C)C. The summed E-state index contributed by atoms with van der Waals surface area (Å²) in [5.41, 5.74) is 0. The lowest BCUT2D eigenvalue weighted by Crippen LogP contribution is -2.31. The smallest absolute Gasteiger partial charge is 0.134 e. The topological polar surface area (TPSA) is 43.4 Å². The molecule has 2 rings (SSSR count). The molecule has 0 amide bonds. The largest absolute Gasteiger partial charge is 0.496 e. The third-order valence-electron chi connectivity index (χ3n) is 3.61. The van der Waals surface area contributed by atoms with Crippen LogP contribution in [0.2, 0.25) is 0 Å². The van der Waals surface area contributed by atoms with E-state index in [1.54, 1.807) is 7.11 Å². The van der Waals surface area contributed by atoms with Crippen molar-refractivity contribution >= 4 is 16.6 Å². The quantitative estimate of drug-likeness (QED) is 0.843. The van der Waals surface area contributed by atoms with Gasteiger partial charge in [0.2, 0.25) is 0 Å². The number of nitrogens with one attached hydrogen (secondary N) is 1. The van der Waals surface area contributed by atoms with E-state index in [1.165, 1.54) is 0 Å². The van der Waals surface area contributed by atoms with Gasteiger partial charge in [-0.1, -0.05) is 26.0 Å². The Morgan fingerprint density at radius 2 is 2.00 bits per heavy atom. The van der Waals surface area contributed by atoms with Gasteiger partial charge in [0, 0.05) is 23.6 Å². The highest BCUT2D eigenvalue weighted by Gasteiger charge is 2.15. The predicted octanol–water partition coefficient (Wildman–Crippen LogP) is 3.72. The number of fused-ring (bicyclic) bond motifs is 1. The normalized spacial score (nSPS) is 12.6. The Morgan fingerprint density at radius 1 is 1.19 bits per heavy atom. The van der Waals surface area contributed by atoms with Gasteiger partial charge in [-0.25, -0.2) is 4.98 Å². The highest BCUT2D eigenvalue weighted by molar-refractivity contribution is 5.95. The van der Waals surface area contributed by atoms with Crippen molar-refractivity contribution in [2.24, 2.45) is 5.92 Å². The first-order valence-electron chi connectivity index (χ1n) is 7.43. The van der Waals surface area contributed by atoms with Crippen LogP contribution in [0.3, 0.4) is 0 Å². The molecule has 1 aromatic carbocycles. The van der Waals surface area contributed by atoms with Crippen LogP contribution in [0.25, 0.3) is 10.8 Å². The molecule has 0 saturated carbocycles. The molecular weight excluding hydrogens is 264 g/mol. The molecule has 1 aromatic heterocycles. The molecule has 0 spiro atoms. The van der Waals surface area contributed by atoms with Crippen molar-refractivity contribution in [3.8, 4) is 5.75 Å². The summed E-state index contributed by atoms with van der Waals surface area (Å²) in [6.45, 7) is 7.78. The summed E-state index contributed by atoms with van der Waals surface area (Å²) in [5.74, 6) is 2.20. The Kier molecular flexibility index (Phi) is 5.39. The van der Waals surface area contributed by atoms with Gasteiger partial charge in [0.05, 0.1) is 19.8 Å². The standard InChI is InChI=1S/C17H24N2O2/c1-5-21-11-15(12(2)3)19-17-14-7-6-8-16(20-4)13(14)9-10-18-17/h6-10,12,15H,5,11H2,1-4H3,(H,18,19). The molecule has 2 aromatic rings. The number of pyridine rings is 1. The summed E-state index contributed by atoms with van der Waals surface area (Å²) >= 11 is 0. The van der Waals surface area contributed by atoms with Crippen molar-refractivity contribution in [3.05, 3.63) is 30.5 Å². The molecule has 21 heavy (non-hydrogen) atoms. The molecule has 0 radical (unpaired) electrons. The summed E-state index contributed by atoms with van der Waals surface area (Å²) in [6.07, 6.45) is 1.81. The number of benzene rings is 1. The molecule has 114 valence electrons. The minimum Gasteiger partial charge on any atom is -0.496 e. The van der Waals surface area contributed by atoms with Crippen LogP contribution >= 0.6 is 0 Å². The monoisotopic (exact) mass is 288 g/mol. The molecule has 1 unspecified atom stereocenters. The highest BCUT2D eigenvalue weighted by atomic mass is 16.5. The summed E-state index contributed by atoms with van der Waals surface area (Å²) in [6, 6.07) is 8.22. The average molecular weight is 288 g/mol. The number of aromatic nitrogens is 1. The predicted molar refractivity (Wildman–Crippen MR) is 87.0 cm³/mol. The molecule has 0 aliphatic heterocycles. The number of methoxy groups -OCH3 is 1. The van der Waals surface area contributed by atoms with Crippen molar-refractivity contribution in [2.45, 2.75) is 26.8 Å². The van der Waals surface area contributed by atoms with Crippen molar-refractivity contribution in [1.29, 1.82) is 0 Å². The van der Waals surface area contributed by atoms with Crippen LogP contribution in [0.5, 0.6) is 5.75 Å². The molecule has 1 heterocycles. The number of hydrogen-bond acceptors (Lipinski definition) is 4. The lowest BCUT2D eigenvalue weighted by molar-refractivity contribution is 0.126. The summed E-state index contributed by atoms with van der Waals surface area (Å²) in [7, 11) is 1.69. The van der Waals surface area contributed by atoms with Crippen LogP contribution in [0.1, 0.15) is 20.8 Å². The second-order valence-electron chi connectivity index (χ2n) is 5.37. The fourth-order valence-electron chi connectivity index (χ4n) is 2.29. The zero-order valence-corrected chi connectivity index (χ0v) is 13.2. The first-order valence-corrected chi connectivity index (χ1v) is 7.43. The van der Waals surface area contributed by atoms with E-state index in [4.69, 9.17) is 9.47 Å². The van der Waals surface area contributed by atoms with Gasteiger partial charge in [-0.05, 0) is 25.0 Å². The van der Waals surface area contributed by atoms with Gasteiger partial charge in [-0.15, -0.1) is 0 Å². The van der Waals surface area contributed by atoms with Crippen LogP contribution in [-0.4, -0.2) is 31.3 Å². The molecule has 0 aliphatic rings. The van der Waals surface area contributed by atoms with Crippen LogP contribution in [0.15, 0.2) is 30.5 Å². The molecule has 0 fully saturated rings. The average Bonchev–Trinajstić information content (AvgIpc) is 2.50. The molecule has 0 aliphatic carbocycles. The molecule has 1 atom stereocenters. The number of ether oxygens (including phenoxy) is 2. The zero-order chi connectivity index (χ0) is 15.2. The summed E-state index contributed by atoms with van der Waals surface area (Å²) in [5, 5.41) is 5.65. The van der Waals surface area contributed by atoms with Crippen LogP contribution in [0, 0.1) is 5.92 Å². The molecule has 4 nitrogen and oxygen atoms in total. The third kappa shape index (κ3) is 3.64. The van der Waals surface area contributed by atoms with Crippen molar-refractivity contribution in [3.63, 3.8) is 0 Å². The van der Waals surface area contributed by atoms with E-state index in [-0.39, 0.29) is 6.04 Å². The highest BCUT2D eigenvalue weighted by Crippen LogP contribution is 2.29. The molecule has 1 N–H and O–H groups in total. The van der Waals surface area contributed by atoms with Gasteiger partial charge in [-0.2, -0.15) is 0 Å². The maximum atomic E-state index is 5.57. The van der Waals surface area contributed by atoms with Gasteiger partial charge >= 0.3 is 0 Å². The fourth-order valence-corrected chi connectivity index (χ4v) is 2.29. The first-order chi connectivity index (χ1) is 10.2. The van der Waals surface area contributed by atoms with E-state index in [1.807, 2.05) is 31.3 Å². The zero-order valence-electron chi connectivity index (χ0n) is 13.2. The van der Waals surface area contributed by atoms with Gasteiger partial charge in [0.15, 0.2) is 0 Å². The third-order valence-corrected chi connectivity index (χ3v) is 3.61. The maximum absolute atomic E-state index is 5.57. The van der Waals surface area contributed by atoms with E-state index >= 15 is 0 Å². The molecule has 0 saturated heterocycles. The molecule has 4 heteroatoms. The Labute approximate surface area is 126 Å². The van der Waals surface area contributed by atoms with Crippen LogP contribution in [-0.2, 0) is 4.74 Å². The summed E-state index contributed by atoms with van der Waals surface area (Å²) < 4.78 is 11.0. The molecular formula is C17H24N2O2. The van der Waals surface area contributed by atoms with Crippen LogP contribution in [0.4, 0.5) is 5.82 Å². The lowest BCUT2D eigenvalue weighted by Gasteiger charge is -2.23. The van der Waals surface area contributed by atoms with Gasteiger partial charge in [0.25, 0.3) is 0 Å². The van der Waals surface area contributed by atoms with Gasteiger partial charge < -0.3 is 14.8 Å². The van der Waals surface area contributed by atoms with E-state index < -0.39 is 0 Å². The Balaban J connectivity index is 2.33. The Bertz CT molecular complexity index is 584. The first kappa shape index (κ1) is 15.6. The number of nitrogens with zero attached hydrogens (tertiary/aromatic N) is 1. The number of hydrogen-bond donors (Lipinski definition) is 1.